The van der Waals surface area contributed by atoms with Crippen LogP contribution in [0.25, 0.3) is 0 Å². The number of aliphatic imine (C=N–C) groups is 1. The molecule has 1 aromatic carbocycles. The third-order valence-electron chi connectivity index (χ3n) is 3.07. The van der Waals surface area contributed by atoms with Crippen LogP contribution < -0.4 is 10.1 Å². The second-order valence-electron chi connectivity index (χ2n) is 4.60. The van der Waals surface area contributed by atoms with Crippen molar-refractivity contribution in [3.63, 3.8) is 0 Å². The van der Waals surface area contributed by atoms with Crippen molar-refractivity contribution in [3.8, 4) is 5.75 Å². The molecule has 0 aliphatic carbocycles. The maximum Gasteiger partial charge on any atom is 0.194 e. The minimum Gasteiger partial charge on any atom is -0.497 e. The van der Waals surface area contributed by atoms with E-state index < -0.39 is 0 Å². The number of rotatable bonds is 5. The highest BCUT2D eigenvalue weighted by atomic mass is 127. The van der Waals surface area contributed by atoms with Crippen LogP contribution in [-0.2, 0) is 13.1 Å². The van der Waals surface area contributed by atoms with E-state index in [9.17, 15) is 0 Å². The highest BCUT2D eigenvalue weighted by Gasteiger charge is 2.07. The zero-order chi connectivity index (χ0) is 15.1. The second kappa shape index (κ2) is 9.29. The van der Waals surface area contributed by atoms with Gasteiger partial charge in [0.05, 0.1) is 13.7 Å². The molecule has 120 valence electrons. The Morgan fingerprint density at radius 2 is 2.05 bits per heavy atom. The predicted octanol–water partition coefficient (Wildman–Crippen LogP) is 2.51. The number of benzene rings is 1. The summed E-state index contributed by atoms with van der Waals surface area (Å²) in [6.07, 6.45) is 1.56. The van der Waals surface area contributed by atoms with E-state index in [2.05, 4.69) is 15.5 Å². The van der Waals surface area contributed by atoms with E-state index in [1.54, 1.807) is 20.4 Å². The van der Waals surface area contributed by atoms with Crippen molar-refractivity contribution in [2.24, 2.45) is 4.99 Å². The molecule has 0 amide bonds. The molecule has 0 radical (unpaired) electrons. The van der Waals surface area contributed by atoms with Crippen LogP contribution in [-0.4, -0.2) is 37.2 Å². The van der Waals surface area contributed by atoms with Gasteiger partial charge in [0.2, 0.25) is 0 Å². The summed E-state index contributed by atoms with van der Waals surface area (Å²) < 4.78 is 9.96. The summed E-state index contributed by atoms with van der Waals surface area (Å²) in [5.41, 5.74) is 2.02. The Kier molecular flexibility index (Phi) is 7.72. The van der Waals surface area contributed by atoms with Crippen LogP contribution in [0, 0.1) is 0 Å². The summed E-state index contributed by atoms with van der Waals surface area (Å²) in [4.78, 5) is 6.31. The first-order valence-corrected chi connectivity index (χ1v) is 6.67. The fourth-order valence-corrected chi connectivity index (χ4v) is 1.96. The molecular formula is C15H21IN4O2. The lowest BCUT2D eigenvalue weighted by atomic mass is 10.2. The number of aromatic nitrogens is 1. The molecule has 0 unspecified atom stereocenters. The Morgan fingerprint density at radius 1 is 1.32 bits per heavy atom. The third kappa shape index (κ3) is 5.21. The summed E-state index contributed by atoms with van der Waals surface area (Å²) in [6.45, 7) is 1.33. The van der Waals surface area contributed by atoms with Crippen molar-refractivity contribution in [1.29, 1.82) is 0 Å². The predicted molar refractivity (Wildman–Crippen MR) is 96.6 cm³/mol. The van der Waals surface area contributed by atoms with Crippen LogP contribution in [0.2, 0.25) is 0 Å². The lowest BCUT2D eigenvalue weighted by Crippen LogP contribution is -2.38. The van der Waals surface area contributed by atoms with Crippen LogP contribution in [0.15, 0.2) is 46.1 Å². The van der Waals surface area contributed by atoms with Gasteiger partial charge in [-0.05, 0) is 17.7 Å². The lowest BCUT2D eigenvalue weighted by Gasteiger charge is -2.21. The summed E-state index contributed by atoms with van der Waals surface area (Å²) in [7, 11) is 5.41. The summed E-state index contributed by atoms with van der Waals surface area (Å²) in [6, 6.07) is 9.81. The van der Waals surface area contributed by atoms with Gasteiger partial charge in [0.25, 0.3) is 0 Å². The monoisotopic (exact) mass is 416 g/mol. The maximum absolute atomic E-state index is 5.16. The van der Waals surface area contributed by atoms with Crippen molar-refractivity contribution in [2.75, 3.05) is 21.2 Å². The SMILES string of the molecule is CN=C(NCc1ccon1)N(C)Cc1ccc(OC)cc1.I. The van der Waals surface area contributed by atoms with Crippen LogP contribution in [0.4, 0.5) is 0 Å². The van der Waals surface area contributed by atoms with Crippen molar-refractivity contribution >= 4 is 29.9 Å². The number of guanidine groups is 1. The Hall–Kier alpha value is -1.77. The maximum atomic E-state index is 5.16. The number of nitrogens with zero attached hydrogens (tertiary/aromatic N) is 3. The molecule has 22 heavy (non-hydrogen) atoms. The average Bonchev–Trinajstić information content (AvgIpc) is 3.02. The Labute approximate surface area is 147 Å². The van der Waals surface area contributed by atoms with Crippen LogP contribution in [0.5, 0.6) is 5.75 Å². The molecule has 0 spiro atoms. The van der Waals surface area contributed by atoms with Gasteiger partial charge in [-0.3, -0.25) is 4.99 Å². The molecule has 0 fully saturated rings. The molecule has 0 atom stereocenters. The number of hydrogen-bond donors (Lipinski definition) is 1. The quantitative estimate of drug-likeness (QED) is 0.461. The molecule has 6 nitrogen and oxygen atoms in total. The summed E-state index contributed by atoms with van der Waals surface area (Å²) in [5.74, 6) is 1.66. The number of ether oxygens (including phenoxy) is 1. The van der Waals surface area contributed by atoms with E-state index >= 15 is 0 Å². The first-order valence-electron chi connectivity index (χ1n) is 6.67. The van der Waals surface area contributed by atoms with E-state index in [0.717, 1.165) is 23.9 Å². The van der Waals surface area contributed by atoms with Gasteiger partial charge in [-0.1, -0.05) is 17.3 Å². The zero-order valence-electron chi connectivity index (χ0n) is 12.9. The van der Waals surface area contributed by atoms with Gasteiger partial charge in [0.15, 0.2) is 5.96 Å². The smallest absolute Gasteiger partial charge is 0.194 e. The molecule has 0 aliphatic rings. The second-order valence-corrected chi connectivity index (χ2v) is 4.60. The molecule has 1 aromatic heterocycles. The van der Waals surface area contributed by atoms with Gasteiger partial charge in [0.1, 0.15) is 17.7 Å². The Morgan fingerprint density at radius 3 is 2.59 bits per heavy atom. The topological polar surface area (TPSA) is 62.9 Å². The van der Waals surface area contributed by atoms with Crippen molar-refractivity contribution in [3.05, 3.63) is 47.9 Å². The summed E-state index contributed by atoms with van der Waals surface area (Å²) in [5, 5.41) is 7.10. The highest BCUT2D eigenvalue weighted by Crippen LogP contribution is 2.12. The molecule has 1 heterocycles. The minimum atomic E-state index is 0. The molecule has 0 saturated carbocycles. The number of methoxy groups -OCH3 is 1. The number of halogens is 1. The molecule has 2 rings (SSSR count). The fourth-order valence-electron chi connectivity index (χ4n) is 1.96. The van der Waals surface area contributed by atoms with E-state index in [0.29, 0.717) is 6.54 Å². The van der Waals surface area contributed by atoms with Gasteiger partial charge < -0.3 is 19.5 Å². The Balaban J connectivity index is 0.00000242. The van der Waals surface area contributed by atoms with Gasteiger partial charge in [-0.2, -0.15) is 0 Å². The minimum absolute atomic E-state index is 0. The van der Waals surface area contributed by atoms with E-state index in [-0.39, 0.29) is 24.0 Å². The largest absolute Gasteiger partial charge is 0.497 e. The van der Waals surface area contributed by atoms with Crippen molar-refractivity contribution in [1.82, 2.24) is 15.4 Å². The average molecular weight is 416 g/mol. The molecular weight excluding hydrogens is 395 g/mol. The normalized spacial score (nSPS) is 10.8. The molecule has 0 saturated heterocycles. The number of hydrogen-bond acceptors (Lipinski definition) is 4. The molecule has 2 aromatic rings. The van der Waals surface area contributed by atoms with Gasteiger partial charge in [0, 0.05) is 26.7 Å². The van der Waals surface area contributed by atoms with E-state index in [4.69, 9.17) is 9.26 Å². The molecule has 0 aliphatic heterocycles. The lowest BCUT2D eigenvalue weighted by molar-refractivity contribution is 0.409. The molecule has 0 bridgehead atoms. The van der Waals surface area contributed by atoms with Crippen molar-refractivity contribution in [2.45, 2.75) is 13.1 Å². The standard InChI is InChI=1S/C15H20N4O2.HI/c1-16-15(17-10-13-8-9-21-18-13)19(2)11-12-4-6-14(20-3)7-5-12;/h4-9H,10-11H2,1-3H3,(H,16,17);1H. The third-order valence-corrected chi connectivity index (χ3v) is 3.07. The zero-order valence-corrected chi connectivity index (χ0v) is 15.3. The number of nitrogens with one attached hydrogen (secondary N) is 1. The molecule has 1 N–H and O–H groups in total. The summed E-state index contributed by atoms with van der Waals surface area (Å²) >= 11 is 0. The van der Waals surface area contributed by atoms with E-state index in [1.165, 1.54) is 5.56 Å². The van der Waals surface area contributed by atoms with Gasteiger partial charge in [-0.25, -0.2) is 0 Å². The van der Waals surface area contributed by atoms with Crippen LogP contribution >= 0.6 is 24.0 Å². The Bertz CT molecular complexity index is 570. The van der Waals surface area contributed by atoms with Crippen LogP contribution in [0.3, 0.4) is 0 Å². The van der Waals surface area contributed by atoms with E-state index in [1.807, 2.05) is 42.3 Å². The first kappa shape index (κ1) is 18.3. The van der Waals surface area contributed by atoms with Crippen molar-refractivity contribution < 1.29 is 9.26 Å². The van der Waals surface area contributed by atoms with Crippen LogP contribution in [0.1, 0.15) is 11.3 Å². The van der Waals surface area contributed by atoms with Gasteiger partial charge >= 0.3 is 0 Å². The molecule has 7 heteroatoms. The first-order chi connectivity index (χ1) is 10.2. The highest BCUT2D eigenvalue weighted by molar-refractivity contribution is 14.0. The fraction of sp³-hybridized carbons (Fsp3) is 0.333. The van der Waals surface area contributed by atoms with Gasteiger partial charge in [-0.15, -0.1) is 24.0 Å².